The maximum atomic E-state index is 11.2. The van der Waals surface area contributed by atoms with Crippen molar-refractivity contribution in [3.8, 4) is 0 Å². The molecule has 0 aliphatic heterocycles. The Hall–Kier alpha value is -0.390. The first-order chi connectivity index (χ1) is 8.46. The van der Waals surface area contributed by atoms with Gasteiger partial charge in [-0.25, -0.2) is 8.42 Å². The van der Waals surface area contributed by atoms with E-state index in [0.29, 0.717) is 6.42 Å². The molecule has 5 heteroatoms. The number of hydrogen-bond acceptors (Lipinski definition) is 4. The van der Waals surface area contributed by atoms with Gasteiger partial charge in [-0.2, -0.15) is 0 Å². The van der Waals surface area contributed by atoms with Crippen LogP contribution in [-0.2, 0) is 22.7 Å². The second kappa shape index (κ2) is 5.72. The van der Waals surface area contributed by atoms with E-state index in [-0.39, 0.29) is 11.8 Å². The lowest BCUT2D eigenvalue weighted by molar-refractivity contribution is 0.592. The molecule has 3 nitrogen and oxygen atoms in total. The summed E-state index contributed by atoms with van der Waals surface area (Å²) in [5.41, 5.74) is 7.55. The fourth-order valence-corrected chi connectivity index (χ4v) is 4.33. The highest BCUT2D eigenvalue weighted by molar-refractivity contribution is 7.90. The molecule has 102 valence electrons. The Morgan fingerprint density at radius 1 is 1.33 bits per heavy atom. The van der Waals surface area contributed by atoms with Gasteiger partial charge in [-0.05, 0) is 43.7 Å². The summed E-state index contributed by atoms with van der Waals surface area (Å²) in [6.45, 7) is 0. The van der Waals surface area contributed by atoms with E-state index < -0.39 is 9.84 Å². The van der Waals surface area contributed by atoms with Crippen molar-refractivity contribution in [1.82, 2.24) is 0 Å². The van der Waals surface area contributed by atoms with Gasteiger partial charge in [-0.1, -0.05) is 6.42 Å². The van der Waals surface area contributed by atoms with E-state index in [1.165, 1.54) is 42.4 Å². The number of hydrogen-bond donors (Lipinski definition) is 1. The van der Waals surface area contributed by atoms with Crippen molar-refractivity contribution in [2.45, 2.75) is 44.6 Å². The van der Waals surface area contributed by atoms with Gasteiger partial charge < -0.3 is 5.73 Å². The number of nitrogens with two attached hydrogens (primary N) is 1. The van der Waals surface area contributed by atoms with E-state index in [1.54, 1.807) is 11.3 Å². The zero-order chi connectivity index (χ0) is 13.2. The smallest absolute Gasteiger partial charge is 0.147 e. The Morgan fingerprint density at radius 2 is 2.06 bits per heavy atom. The highest BCUT2D eigenvalue weighted by Crippen LogP contribution is 2.32. The average molecular weight is 287 g/mol. The molecule has 1 atom stereocenters. The van der Waals surface area contributed by atoms with Crippen LogP contribution in [0.3, 0.4) is 0 Å². The first kappa shape index (κ1) is 14.0. The second-order valence-electron chi connectivity index (χ2n) is 5.18. The number of aryl methyl sites for hydroxylation is 2. The predicted molar refractivity (Wildman–Crippen MR) is 76.8 cm³/mol. The lowest BCUT2D eigenvalue weighted by Crippen LogP contribution is -2.14. The van der Waals surface area contributed by atoms with Gasteiger partial charge in [0.25, 0.3) is 0 Å². The number of thiophene rings is 1. The molecule has 1 aliphatic rings. The molecule has 2 N–H and O–H groups in total. The molecule has 1 aliphatic carbocycles. The zero-order valence-electron chi connectivity index (χ0n) is 10.8. The third-order valence-corrected chi connectivity index (χ3v) is 5.78. The Balaban J connectivity index is 2.05. The third kappa shape index (κ3) is 3.80. The van der Waals surface area contributed by atoms with Gasteiger partial charge in [0.15, 0.2) is 0 Å². The fraction of sp³-hybridized carbons (Fsp3) is 0.692. The summed E-state index contributed by atoms with van der Waals surface area (Å²) >= 11 is 1.79. The molecule has 0 radical (unpaired) electrons. The van der Waals surface area contributed by atoms with Crippen molar-refractivity contribution in [1.29, 1.82) is 0 Å². The first-order valence-corrected chi connectivity index (χ1v) is 9.38. The summed E-state index contributed by atoms with van der Waals surface area (Å²) in [6.07, 6.45) is 7.97. The standard InChI is InChI=1S/C13H21NO2S2/c1-18(15,16)8-7-11(14)13-9-10-5-3-2-4-6-12(10)17-13/h9,11H,2-8,14H2,1H3. The van der Waals surface area contributed by atoms with Crippen molar-refractivity contribution in [3.63, 3.8) is 0 Å². The van der Waals surface area contributed by atoms with E-state index in [2.05, 4.69) is 6.07 Å². The predicted octanol–water partition coefficient (Wildman–Crippen LogP) is 2.45. The topological polar surface area (TPSA) is 60.2 Å². The van der Waals surface area contributed by atoms with Crippen molar-refractivity contribution >= 4 is 21.2 Å². The summed E-state index contributed by atoms with van der Waals surface area (Å²) in [5, 5.41) is 0. The summed E-state index contributed by atoms with van der Waals surface area (Å²) in [6, 6.07) is 2.08. The minimum absolute atomic E-state index is 0.128. The Labute approximate surface area is 113 Å². The lowest BCUT2D eigenvalue weighted by atomic mass is 10.1. The summed E-state index contributed by atoms with van der Waals surface area (Å²) < 4.78 is 22.3. The summed E-state index contributed by atoms with van der Waals surface area (Å²) in [4.78, 5) is 2.63. The Bertz CT molecular complexity index is 482. The Morgan fingerprint density at radius 3 is 2.78 bits per heavy atom. The molecule has 18 heavy (non-hydrogen) atoms. The minimum Gasteiger partial charge on any atom is -0.323 e. The zero-order valence-corrected chi connectivity index (χ0v) is 12.4. The highest BCUT2D eigenvalue weighted by Gasteiger charge is 2.17. The number of rotatable bonds is 4. The third-order valence-electron chi connectivity index (χ3n) is 3.43. The molecule has 1 unspecified atom stereocenters. The van der Waals surface area contributed by atoms with Crippen LogP contribution in [0.25, 0.3) is 0 Å². The van der Waals surface area contributed by atoms with Gasteiger partial charge in [0.2, 0.25) is 0 Å². The van der Waals surface area contributed by atoms with Crippen LogP contribution >= 0.6 is 11.3 Å². The summed E-state index contributed by atoms with van der Waals surface area (Å²) in [7, 11) is -2.91. The molecular formula is C13H21NO2S2. The van der Waals surface area contributed by atoms with E-state index in [9.17, 15) is 8.42 Å². The molecule has 1 aromatic heterocycles. The molecule has 2 rings (SSSR count). The maximum absolute atomic E-state index is 11.2. The number of sulfone groups is 1. The SMILES string of the molecule is CS(=O)(=O)CCC(N)c1cc2c(s1)CCCCC2. The summed E-state index contributed by atoms with van der Waals surface area (Å²) in [5.74, 6) is 0.177. The van der Waals surface area contributed by atoms with Gasteiger partial charge >= 0.3 is 0 Å². The van der Waals surface area contributed by atoms with Crippen LogP contribution in [0.2, 0.25) is 0 Å². The first-order valence-electron chi connectivity index (χ1n) is 6.50. The monoisotopic (exact) mass is 287 g/mol. The molecule has 1 aromatic rings. The van der Waals surface area contributed by atoms with E-state index in [0.717, 1.165) is 11.3 Å². The number of fused-ring (bicyclic) bond motifs is 1. The molecule has 0 saturated heterocycles. The van der Waals surface area contributed by atoms with Crippen molar-refractivity contribution in [2.24, 2.45) is 5.73 Å². The van der Waals surface area contributed by atoms with Crippen LogP contribution in [0.1, 0.15) is 47.0 Å². The molecular weight excluding hydrogens is 266 g/mol. The minimum atomic E-state index is -2.91. The van der Waals surface area contributed by atoms with Crippen LogP contribution in [-0.4, -0.2) is 20.4 Å². The molecule has 0 aromatic carbocycles. The normalized spacial score (nSPS) is 18.1. The fourth-order valence-electron chi connectivity index (χ4n) is 2.36. The van der Waals surface area contributed by atoms with Crippen molar-refractivity contribution in [3.05, 3.63) is 21.4 Å². The second-order valence-corrected chi connectivity index (χ2v) is 8.61. The highest BCUT2D eigenvalue weighted by atomic mass is 32.2. The van der Waals surface area contributed by atoms with E-state index in [4.69, 9.17) is 5.73 Å². The van der Waals surface area contributed by atoms with Gasteiger partial charge in [0.05, 0.1) is 5.75 Å². The lowest BCUT2D eigenvalue weighted by Gasteiger charge is -2.08. The van der Waals surface area contributed by atoms with E-state index in [1.807, 2.05) is 0 Å². The van der Waals surface area contributed by atoms with Crippen LogP contribution < -0.4 is 5.73 Å². The van der Waals surface area contributed by atoms with Crippen LogP contribution in [0.4, 0.5) is 0 Å². The largest absolute Gasteiger partial charge is 0.323 e. The average Bonchev–Trinajstić information content (AvgIpc) is 2.57. The van der Waals surface area contributed by atoms with Gasteiger partial charge in [-0.3, -0.25) is 0 Å². The van der Waals surface area contributed by atoms with Gasteiger partial charge in [0.1, 0.15) is 9.84 Å². The molecule has 1 heterocycles. The maximum Gasteiger partial charge on any atom is 0.147 e. The van der Waals surface area contributed by atoms with Crippen molar-refractivity contribution in [2.75, 3.05) is 12.0 Å². The molecule has 0 bridgehead atoms. The quantitative estimate of drug-likeness (QED) is 0.865. The van der Waals surface area contributed by atoms with Crippen LogP contribution in [0, 0.1) is 0 Å². The molecule has 0 fully saturated rings. The Kier molecular flexibility index (Phi) is 4.45. The van der Waals surface area contributed by atoms with Crippen LogP contribution in [0.5, 0.6) is 0 Å². The molecule has 0 amide bonds. The van der Waals surface area contributed by atoms with Gasteiger partial charge in [-0.15, -0.1) is 11.3 Å². The van der Waals surface area contributed by atoms with Crippen LogP contribution in [0.15, 0.2) is 6.07 Å². The van der Waals surface area contributed by atoms with E-state index >= 15 is 0 Å². The van der Waals surface area contributed by atoms with Crippen molar-refractivity contribution < 1.29 is 8.42 Å². The molecule has 0 saturated carbocycles. The molecule has 0 spiro atoms. The van der Waals surface area contributed by atoms with Gasteiger partial charge in [0, 0.05) is 22.1 Å².